The molecular formula is C29H44O6. The van der Waals surface area contributed by atoms with Gasteiger partial charge in [-0.05, 0) is 87.5 Å². The molecule has 6 heteroatoms. The lowest BCUT2D eigenvalue weighted by Gasteiger charge is -2.59. The van der Waals surface area contributed by atoms with Crippen molar-refractivity contribution >= 4 is 11.8 Å². The molecule has 0 saturated heterocycles. The normalized spacial score (nSPS) is 44.8. The zero-order valence-corrected chi connectivity index (χ0v) is 22.0. The molecule has 4 N–H and O–H groups in total. The van der Waals surface area contributed by atoms with Gasteiger partial charge in [-0.2, -0.15) is 0 Å². The Morgan fingerprint density at radius 3 is 2.43 bits per heavy atom. The zero-order chi connectivity index (χ0) is 26.1. The Morgan fingerprint density at radius 2 is 1.80 bits per heavy atom. The molecule has 35 heavy (non-hydrogen) atoms. The number of rotatable bonds is 6. The predicted molar refractivity (Wildman–Crippen MR) is 133 cm³/mol. The summed E-state index contributed by atoms with van der Waals surface area (Å²) in [6.45, 7) is 13.8. The number of Topliss-reactive ketones (excluding diaryl/α,β-unsaturated/α-hetero) is 1. The molecule has 10 atom stereocenters. The second-order valence-corrected chi connectivity index (χ2v) is 12.9. The number of carboxylic acids is 1. The van der Waals surface area contributed by atoms with E-state index < -0.39 is 35.1 Å². The zero-order valence-electron chi connectivity index (χ0n) is 22.0. The first-order chi connectivity index (χ1) is 16.2. The van der Waals surface area contributed by atoms with Gasteiger partial charge < -0.3 is 20.4 Å². The Hall–Kier alpha value is -1.50. The van der Waals surface area contributed by atoms with E-state index in [-0.39, 0.29) is 23.0 Å². The van der Waals surface area contributed by atoms with E-state index in [1.807, 2.05) is 0 Å². The van der Waals surface area contributed by atoms with Crippen molar-refractivity contribution in [1.82, 2.24) is 0 Å². The average molecular weight is 489 g/mol. The molecule has 3 unspecified atom stereocenters. The van der Waals surface area contributed by atoms with Crippen molar-refractivity contribution in [2.75, 3.05) is 0 Å². The van der Waals surface area contributed by atoms with Crippen LogP contribution in [-0.2, 0) is 9.59 Å². The van der Waals surface area contributed by atoms with E-state index in [1.54, 1.807) is 13.8 Å². The fourth-order valence-electron chi connectivity index (χ4n) is 8.71. The lowest BCUT2D eigenvalue weighted by atomic mass is 9.47. The fraction of sp³-hybridized carbons (Fsp3) is 0.793. The van der Waals surface area contributed by atoms with E-state index in [9.17, 15) is 30.0 Å². The van der Waals surface area contributed by atoms with Crippen molar-refractivity contribution in [1.29, 1.82) is 0 Å². The van der Waals surface area contributed by atoms with Crippen LogP contribution in [0.2, 0.25) is 0 Å². The summed E-state index contributed by atoms with van der Waals surface area (Å²) in [6.07, 6.45) is 3.68. The number of carboxylic acid groups (broad SMARTS) is 1. The fourth-order valence-corrected chi connectivity index (χ4v) is 8.71. The Labute approximate surface area is 209 Å². The van der Waals surface area contributed by atoms with E-state index in [0.717, 1.165) is 36.0 Å². The summed E-state index contributed by atoms with van der Waals surface area (Å²) < 4.78 is 0. The van der Waals surface area contributed by atoms with Crippen LogP contribution in [-0.4, -0.2) is 50.0 Å². The molecule has 0 radical (unpaired) electrons. The molecule has 2 fully saturated rings. The standard InChI is InChI=1S/C29H44O6/c1-15(17(3)26(33)34)7-8-16(2)18-9-10-19-24-20(30)13-22-27(4,12-11-23(32)29(22,6)35)25(24)21(31)14-28(18,19)5/h16-20,22-23,30,32,35H,1,7-14H2,2-6H3,(H,33,34)/t16-,17?,18-,19?,20+,22?,23-,27+,28-,29-/m1/s1. The topological polar surface area (TPSA) is 115 Å². The minimum absolute atomic E-state index is 0.0974. The first kappa shape index (κ1) is 26.6. The minimum atomic E-state index is -1.34. The minimum Gasteiger partial charge on any atom is -0.481 e. The molecule has 0 bridgehead atoms. The summed E-state index contributed by atoms with van der Waals surface area (Å²) in [4.78, 5) is 25.2. The molecule has 0 aromatic rings. The van der Waals surface area contributed by atoms with Gasteiger partial charge in [0.25, 0.3) is 0 Å². The number of allylic oxidation sites excluding steroid dienone is 1. The summed E-state index contributed by atoms with van der Waals surface area (Å²) >= 11 is 0. The number of aliphatic carboxylic acids is 1. The number of hydrogen-bond acceptors (Lipinski definition) is 5. The van der Waals surface area contributed by atoms with Crippen LogP contribution in [0.1, 0.15) is 86.0 Å². The molecule has 0 spiro atoms. The average Bonchev–Trinajstić information content (AvgIpc) is 3.12. The van der Waals surface area contributed by atoms with Crippen LogP contribution in [0.5, 0.6) is 0 Å². The van der Waals surface area contributed by atoms with Crippen molar-refractivity contribution < 1.29 is 30.0 Å². The lowest BCUT2D eigenvalue weighted by Crippen LogP contribution is -2.61. The molecule has 4 rings (SSSR count). The SMILES string of the molecule is C=C(CC[C@@H](C)[C@H]1CCC2C3=C(C(=O)C[C@@]21C)[C@@]1(C)CC[C@@H](O)[C@](C)(O)C1C[C@@H]3O)C(C)C(=O)O. The van der Waals surface area contributed by atoms with E-state index in [0.29, 0.717) is 43.9 Å². The van der Waals surface area contributed by atoms with Gasteiger partial charge in [0.15, 0.2) is 5.78 Å². The number of ketones is 1. The highest BCUT2D eigenvalue weighted by Gasteiger charge is 2.63. The highest BCUT2D eigenvalue weighted by molar-refractivity contribution is 5.99. The Kier molecular flexibility index (Phi) is 6.69. The van der Waals surface area contributed by atoms with Gasteiger partial charge in [0.05, 0.1) is 23.7 Å². The summed E-state index contributed by atoms with van der Waals surface area (Å²) in [5.74, 6) is -0.914. The highest BCUT2D eigenvalue weighted by atomic mass is 16.4. The van der Waals surface area contributed by atoms with Gasteiger partial charge in [0.1, 0.15) is 0 Å². The van der Waals surface area contributed by atoms with E-state index in [2.05, 4.69) is 27.4 Å². The van der Waals surface area contributed by atoms with Crippen LogP contribution in [0.15, 0.2) is 23.3 Å². The van der Waals surface area contributed by atoms with Crippen LogP contribution >= 0.6 is 0 Å². The molecule has 4 aliphatic carbocycles. The number of aliphatic hydroxyl groups is 3. The van der Waals surface area contributed by atoms with Gasteiger partial charge >= 0.3 is 5.97 Å². The number of carbonyl (C=O) groups excluding carboxylic acids is 1. The molecule has 6 nitrogen and oxygen atoms in total. The van der Waals surface area contributed by atoms with Crippen LogP contribution in [0.3, 0.4) is 0 Å². The first-order valence-electron chi connectivity index (χ1n) is 13.4. The maximum Gasteiger partial charge on any atom is 0.310 e. The second-order valence-electron chi connectivity index (χ2n) is 12.9. The third-order valence-electron chi connectivity index (χ3n) is 11.0. The molecule has 4 aliphatic rings. The lowest BCUT2D eigenvalue weighted by molar-refractivity contribution is -0.174. The molecule has 0 aromatic heterocycles. The van der Waals surface area contributed by atoms with Gasteiger partial charge in [-0.1, -0.05) is 32.9 Å². The van der Waals surface area contributed by atoms with Crippen molar-refractivity contribution in [3.63, 3.8) is 0 Å². The summed E-state index contributed by atoms with van der Waals surface area (Å²) in [5, 5.41) is 42.4. The van der Waals surface area contributed by atoms with E-state index >= 15 is 0 Å². The van der Waals surface area contributed by atoms with Gasteiger partial charge in [0, 0.05) is 23.3 Å². The molecule has 0 aliphatic heterocycles. The van der Waals surface area contributed by atoms with Gasteiger partial charge in [-0.25, -0.2) is 0 Å². The van der Waals surface area contributed by atoms with E-state index in [4.69, 9.17) is 0 Å². The Morgan fingerprint density at radius 1 is 1.14 bits per heavy atom. The van der Waals surface area contributed by atoms with Crippen LogP contribution < -0.4 is 0 Å². The molecular weight excluding hydrogens is 444 g/mol. The quantitative estimate of drug-likeness (QED) is 0.415. The third kappa shape index (κ3) is 3.95. The summed E-state index contributed by atoms with van der Waals surface area (Å²) in [7, 11) is 0. The van der Waals surface area contributed by atoms with Crippen molar-refractivity contribution in [3.8, 4) is 0 Å². The Bertz CT molecular complexity index is 949. The van der Waals surface area contributed by atoms with Crippen molar-refractivity contribution in [3.05, 3.63) is 23.3 Å². The second kappa shape index (κ2) is 8.81. The number of fused-ring (bicyclic) bond motifs is 4. The third-order valence-corrected chi connectivity index (χ3v) is 11.0. The number of carbonyl (C=O) groups is 2. The first-order valence-corrected chi connectivity index (χ1v) is 13.4. The predicted octanol–water partition coefficient (Wildman–Crippen LogP) is 4.27. The highest BCUT2D eigenvalue weighted by Crippen LogP contribution is 2.66. The monoisotopic (exact) mass is 488 g/mol. The molecule has 0 amide bonds. The number of aliphatic hydroxyl groups excluding tert-OH is 2. The van der Waals surface area contributed by atoms with Crippen LogP contribution in [0.4, 0.5) is 0 Å². The maximum absolute atomic E-state index is 13.9. The molecule has 0 heterocycles. The van der Waals surface area contributed by atoms with Gasteiger partial charge in [0.2, 0.25) is 0 Å². The van der Waals surface area contributed by atoms with Crippen LogP contribution in [0, 0.1) is 40.4 Å². The number of hydrogen-bond donors (Lipinski definition) is 4. The van der Waals surface area contributed by atoms with Crippen LogP contribution in [0.25, 0.3) is 0 Å². The summed E-state index contributed by atoms with van der Waals surface area (Å²) in [5.41, 5.74) is 0.277. The smallest absolute Gasteiger partial charge is 0.310 e. The van der Waals surface area contributed by atoms with Crippen molar-refractivity contribution in [2.24, 2.45) is 40.4 Å². The van der Waals surface area contributed by atoms with Gasteiger partial charge in [-0.15, -0.1) is 0 Å². The molecule has 2 saturated carbocycles. The van der Waals surface area contributed by atoms with Gasteiger partial charge in [-0.3, -0.25) is 9.59 Å². The van der Waals surface area contributed by atoms with E-state index in [1.165, 1.54) is 0 Å². The Balaban J connectivity index is 1.62. The molecule has 196 valence electrons. The maximum atomic E-state index is 13.9. The van der Waals surface area contributed by atoms with Crippen molar-refractivity contribution in [2.45, 2.75) is 104 Å². The summed E-state index contributed by atoms with van der Waals surface area (Å²) in [6, 6.07) is 0. The largest absolute Gasteiger partial charge is 0.481 e. The molecule has 0 aromatic carbocycles.